The number of fused-ring (bicyclic) bond motifs is 1. The van der Waals surface area contributed by atoms with E-state index in [1.165, 1.54) is 11.1 Å². The van der Waals surface area contributed by atoms with Crippen molar-refractivity contribution in [2.24, 2.45) is 16.6 Å². The number of halogens is 1. The highest BCUT2D eigenvalue weighted by Gasteiger charge is 2.68. The number of unbranched alkanes of at least 4 members (excludes halogenated alkanes) is 2. The molecule has 3 fully saturated rings. The van der Waals surface area contributed by atoms with Crippen LogP contribution >= 0.6 is 11.6 Å². The monoisotopic (exact) mass is 783 g/mol. The van der Waals surface area contributed by atoms with E-state index in [1.54, 1.807) is 42.6 Å². The lowest BCUT2D eigenvalue weighted by molar-refractivity contribution is -0.216. The molecule has 294 valence electrons. The molecule has 0 spiro atoms. The normalized spacial score (nSPS) is 24.2. The van der Waals surface area contributed by atoms with Crippen LogP contribution in [0.15, 0.2) is 48.8 Å². The van der Waals surface area contributed by atoms with Crippen LogP contribution in [0.25, 0.3) is 0 Å². The molecule has 4 aliphatic rings. The first-order valence-electron chi connectivity index (χ1n) is 19.1. The number of primary amides is 1. The molecule has 2 aromatic carbocycles. The van der Waals surface area contributed by atoms with Gasteiger partial charge in [-0.2, -0.15) is 10.4 Å². The Bertz CT molecular complexity index is 2130. The molecular weight excluding hydrogens is 738 g/mol. The molecule has 56 heavy (non-hydrogen) atoms. The lowest BCUT2D eigenvalue weighted by Crippen LogP contribution is -2.77. The minimum atomic E-state index is -1.13. The SMILES string of the molecule is CC1(C)C(Oc2ccc(C#N)c(Cl)c2)C(C)(C)C1N1C(=O)CC[C@@H](N2C(=O)c3ccc(OCCCCCN4CC[C@@H](n5cc(C(N)=O)cn5)C4)cc3C2=O)C1=O. The highest BCUT2D eigenvalue weighted by atomic mass is 35.5. The van der Waals surface area contributed by atoms with Gasteiger partial charge in [0.15, 0.2) is 0 Å². The summed E-state index contributed by atoms with van der Waals surface area (Å²) >= 11 is 6.25. The van der Waals surface area contributed by atoms with Crippen molar-refractivity contribution < 1.29 is 33.4 Å². The first-order chi connectivity index (χ1) is 26.6. The first-order valence-corrected chi connectivity index (χ1v) is 19.4. The highest BCUT2D eigenvalue weighted by molar-refractivity contribution is 6.31. The van der Waals surface area contributed by atoms with Gasteiger partial charge in [0.2, 0.25) is 5.91 Å². The number of benzene rings is 2. The predicted molar refractivity (Wildman–Crippen MR) is 204 cm³/mol. The molecule has 1 aromatic heterocycles. The zero-order valence-electron chi connectivity index (χ0n) is 32.0. The Labute approximate surface area is 330 Å². The summed E-state index contributed by atoms with van der Waals surface area (Å²) in [6.45, 7) is 10.9. The summed E-state index contributed by atoms with van der Waals surface area (Å²) in [5.74, 6) is -1.65. The minimum absolute atomic E-state index is 0.00192. The Kier molecular flexibility index (Phi) is 10.4. The molecule has 0 radical (unpaired) electrons. The van der Waals surface area contributed by atoms with E-state index in [0.717, 1.165) is 50.2 Å². The van der Waals surface area contributed by atoms with Gasteiger partial charge in [-0.05, 0) is 69.0 Å². The fraction of sp³-hybridized carbons (Fsp3) is 0.488. The number of nitriles is 1. The lowest BCUT2D eigenvalue weighted by atomic mass is 9.48. The molecule has 3 aromatic rings. The summed E-state index contributed by atoms with van der Waals surface area (Å²) in [5, 5.41) is 13.8. The molecule has 1 saturated carbocycles. The van der Waals surface area contributed by atoms with Gasteiger partial charge in [-0.1, -0.05) is 39.3 Å². The number of amides is 5. The molecule has 4 heterocycles. The molecule has 5 amide bonds. The van der Waals surface area contributed by atoms with Gasteiger partial charge >= 0.3 is 0 Å². The topological polar surface area (TPSA) is 181 Å². The lowest BCUT2D eigenvalue weighted by Gasteiger charge is -2.65. The first kappa shape index (κ1) is 39.0. The maximum Gasteiger partial charge on any atom is 0.262 e. The van der Waals surface area contributed by atoms with Crippen molar-refractivity contribution in [2.75, 3.05) is 26.2 Å². The van der Waals surface area contributed by atoms with Crippen molar-refractivity contribution in [1.29, 1.82) is 5.26 Å². The predicted octanol–water partition coefficient (Wildman–Crippen LogP) is 5.00. The Balaban J connectivity index is 0.931. The maximum absolute atomic E-state index is 14.3. The number of nitrogens with two attached hydrogens (primary N) is 1. The van der Waals surface area contributed by atoms with Gasteiger partial charge in [-0.25, -0.2) is 0 Å². The number of hydrogen-bond donors (Lipinski definition) is 1. The van der Waals surface area contributed by atoms with Crippen molar-refractivity contribution in [2.45, 2.75) is 90.4 Å². The van der Waals surface area contributed by atoms with E-state index in [2.05, 4.69) is 10.00 Å². The van der Waals surface area contributed by atoms with Crippen LogP contribution in [0.1, 0.15) is 109 Å². The summed E-state index contributed by atoms with van der Waals surface area (Å²) < 4.78 is 14.2. The van der Waals surface area contributed by atoms with E-state index in [4.69, 9.17) is 26.8 Å². The zero-order valence-corrected chi connectivity index (χ0v) is 32.8. The van der Waals surface area contributed by atoms with Crippen LogP contribution in [0.5, 0.6) is 11.5 Å². The Hall–Kier alpha value is -5.26. The molecule has 15 heteroatoms. The summed E-state index contributed by atoms with van der Waals surface area (Å²) in [7, 11) is 0. The van der Waals surface area contributed by atoms with Crippen LogP contribution in [0.3, 0.4) is 0 Å². The molecule has 2 N–H and O–H groups in total. The quantitative estimate of drug-likeness (QED) is 0.183. The van der Waals surface area contributed by atoms with Crippen LogP contribution in [-0.4, -0.2) is 98.4 Å². The van der Waals surface area contributed by atoms with Crippen molar-refractivity contribution in [1.82, 2.24) is 24.5 Å². The average molecular weight is 784 g/mol. The van der Waals surface area contributed by atoms with Gasteiger partial charge in [0.25, 0.3) is 23.6 Å². The number of aromatic nitrogens is 2. The van der Waals surface area contributed by atoms with Gasteiger partial charge in [0.05, 0.1) is 52.2 Å². The summed E-state index contributed by atoms with van der Waals surface area (Å²) in [5.41, 5.74) is 5.05. The van der Waals surface area contributed by atoms with Crippen molar-refractivity contribution >= 4 is 41.1 Å². The number of nitrogens with zero attached hydrogens (tertiary/aromatic N) is 6. The van der Waals surface area contributed by atoms with Gasteiger partial charge < -0.3 is 20.1 Å². The Morgan fingerprint density at radius 1 is 0.964 bits per heavy atom. The molecule has 2 atom stereocenters. The molecule has 3 aliphatic heterocycles. The Morgan fingerprint density at radius 2 is 1.70 bits per heavy atom. The van der Waals surface area contributed by atoms with Crippen LogP contribution < -0.4 is 15.2 Å². The molecule has 0 unspecified atom stereocenters. The molecule has 14 nitrogen and oxygen atoms in total. The number of likely N-dealkylation sites (tertiary alicyclic amines) is 2. The van der Waals surface area contributed by atoms with Crippen LogP contribution in [0, 0.1) is 22.2 Å². The number of rotatable bonds is 13. The summed E-state index contributed by atoms with van der Waals surface area (Å²) in [6.07, 6.45) is 6.50. The zero-order chi connectivity index (χ0) is 40.1. The second-order valence-electron chi connectivity index (χ2n) is 16.4. The van der Waals surface area contributed by atoms with Crippen LogP contribution in [-0.2, 0) is 9.59 Å². The largest absolute Gasteiger partial charge is 0.494 e. The smallest absolute Gasteiger partial charge is 0.262 e. The van der Waals surface area contributed by atoms with Gasteiger partial charge in [-0.15, -0.1) is 0 Å². The van der Waals surface area contributed by atoms with E-state index < -0.39 is 52.6 Å². The van der Waals surface area contributed by atoms with E-state index in [-0.39, 0.29) is 40.9 Å². The third kappa shape index (κ3) is 6.92. The molecule has 1 aliphatic carbocycles. The van der Waals surface area contributed by atoms with Gasteiger partial charge in [-0.3, -0.25) is 38.5 Å². The van der Waals surface area contributed by atoms with Crippen LogP contribution in [0.4, 0.5) is 0 Å². The fourth-order valence-electron chi connectivity index (χ4n) is 9.48. The molecule has 0 bridgehead atoms. The number of ether oxygens (including phenoxy) is 2. The standard InChI is InChI=1S/C41H46ClN7O7/c1-40(2)38(41(3,4)39(40)56-28-9-8-24(20-43)31(42)19-28)49-33(50)13-12-32(37(49)54)48-35(52)29-11-10-27(18-30(29)36(48)53)55-17-7-5-6-15-46-16-14-26(23-46)47-22-25(21-45-47)34(44)51/h8-11,18-19,21-22,26,32,38-39H,5-7,12-17,23H2,1-4H3,(H2,44,51)/t26-,32-,38?,39?/m1/s1. The third-order valence-corrected chi connectivity index (χ3v) is 12.2. The number of piperidine rings is 1. The highest BCUT2D eigenvalue weighted by Crippen LogP contribution is 2.58. The van der Waals surface area contributed by atoms with Gasteiger partial charge in [0, 0.05) is 42.6 Å². The third-order valence-electron chi connectivity index (χ3n) is 11.9. The van der Waals surface area contributed by atoms with Gasteiger partial charge in [0.1, 0.15) is 29.7 Å². The molecular formula is C41H46ClN7O7. The minimum Gasteiger partial charge on any atom is -0.494 e. The average Bonchev–Trinajstić information content (AvgIpc) is 3.90. The summed E-state index contributed by atoms with van der Waals surface area (Å²) in [4.78, 5) is 71.3. The van der Waals surface area contributed by atoms with Crippen molar-refractivity contribution in [3.63, 3.8) is 0 Å². The Morgan fingerprint density at radius 3 is 2.39 bits per heavy atom. The fourth-order valence-corrected chi connectivity index (χ4v) is 9.70. The summed E-state index contributed by atoms with van der Waals surface area (Å²) in [6, 6.07) is 10.1. The van der Waals surface area contributed by atoms with E-state index in [9.17, 15) is 29.2 Å². The second-order valence-corrected chi connectivity index (χ2v) is 16.8. The van der Waals surface area contributed by atoms with Crippen LogP contribution in [0.2, 0.25) is 5.02 Å². The van der Waals surface area contributed by atoms with E-state index in [1.807, 2.05) is 38.4 Å². The number of hydrogen-bond acceptors (Lipinski definition) is 10. The number of carbonyl (C=O) groups is 5. The maximum atomic E-state index is 14.3. The van der Waals surface area contributed by atoms with E-state index >= 15 is 0 Å². The molecule has 7 rings (SSSR count). The number of carbonyl (C=O) groups excluding carboxylic acids is 5. The van der Waals surface area contributed by atoms with Crippen molar-refractivity contribution in [3.8, 4) is 17.6 Å². The van der Waals surface area contributed by atoms with E-state index in [0.29, 0.717) is 29.2 Å². The second kappa shape index (κ2) is 15.0. The van der Waals surface area contributed by atoms with Crippen molar-refractivity contribution in [3.05, 3.63) is 76.1 Å². The molecule has 2 saturated heterocycles. The number of imide groups is 2.